The molecule has 0 saturated heterocycles. The highest BCUT2D eigenvalue weighted by atomic mass is 16.6. The molecule has 0 aliphatic carbocycles. The van der Waals surface area contributed by atoms with Crippen molar-refractivity contribution in [3.63, 3.8) is 0 Å². The fourth-order valence-corrected chi connectivity index (χ4v) is 11.6. The molecule has 0 aromatic carbocycles. The summed E-state index contributed by atoms with van der Waals surface area (Å²) in [5.74, 6) is -0.820. The minimum absolute atomic E-state index is 0.0602. The van der Waals surface area contributed by atoms with Crippen molar-refractivity contribution in [2.75, 3.05) is 13.2 Å². The molecule has 470 valence electrons. The van der Waals surface area contributed by atoms with Crippen LogP contribution in [0.5, 0.6) is 0 Å². The standard InChI is InChI=1S/C73H142O6/c1-4-7-10-13-16-19-22-25-27-29-31-33-35-36-37-38-39-41-42-44-46-48-51-54-57-60-63-66-72(75)78-69-70(68-77-71(74)65-62-59-56-53-50-24-21-18-15-12-9-6-3)79-73(76)67-64-61-58-55-52-49-47-45-43-40-34-32-30-28-26-23-20-17-14-11-8-5-2/h70H,4-69H2,1-3H3. The molecule has 79 heavy (non-hydrogen) atoms. The molecular weight excluding hydrogens is 973 g/mol. The monoisotopic (exact) mass is 1120 g/mol. The van der Waals surface area contributed by atoms with Gasteiger partial charge in [-0.1, -0.05) is 393 Å². The Balaban J connectivity index is 4.14. The lowest BCUT2D eigenvalue weighted by atomic mass is 10.0. The third-order valence-electron chi connectivity index (χ3n) is 17.1. The van der Waals surface area contributed by atoms with E-state index in [1.165, 1.54) is 334 Å². The van der Waals surface area contributed by atoms with Crippen molar-refractivity contribution in [3.05, 3.63) is 0 Å². The SMILES string of the molecule is CCCCCCCCCCCCCCCCCCCCCCCCCCCCCC(=O)OCC(COC(=O)CCCCCCCCCCCCCC)OC(=O)CCCCCCCCCCCCCCCCCCCCCCCC. The first kappa shape index (κ1) is 77.4. The lowest BCUT2D eigenvalue weighted by molar-refractivity contribution is -0.167. The Morgan fingerprint density at radius 2 is 0.342 bits per heavy atom. The van der Waals surface area contributed by atoms with Gasteiger partial charge >= 0.3 is 17.9 Å². The zero-order valence-electron chi connectivity index (χ0n) is 54.2. The maximum absolute atomic E-state index is 12.9. The fourth-order valence-electron chi connectivity index (χ4n) is 11.6. The molecule has 0 spiro atoms. The van der Waals surface area contributed by atoms with E-state index in [1.54, 1.807) is 0 Å². The van der Waals surface area contributed by atoms with Crippen LogP contribution >= 0.6 is 0 Å². The molecule has 0 rings (SSSR count). The summed E-state index contributed by atoms with van der Waals surface area (Å²) in [6.45, 7) is 6.74. The summed E-state index contributed by atoms with van der Waals surface area (Å²) < 4.78 is 17.0. The number of rotatable bonds is 69. The van der Waals surface area contributed by atoms with Crippen molar-refractivity contribution in [2.24, 2.45) is 0 Å². The average Bonchev–Trinajstić information content (AvgIpc) is 3.45. The van der Waals surface area contributed by atoms with Crippen LogP contribution in [0.15, 0.2) is 0 Å². The van der Waals surface area contributed by atoms with E-state index in [0.717, 1.165) is 57.8 Å². The normalized spacial score (nSPS) is 11.9. The molecule has 0 aliphatic rings. The number of unbranched alkanes of at least 4 members (excludes halogenated alkanes) is 58. The van der Waals surface area contributed by atoms with Crippen molar-refractivity contribution in [2.45, 2.75) is 438 Å². The second kappa shape index (κ2) is 68.9. The Kier molecular flexibility index (Phi) is 67.5. The van der Waals surface area contributed by atoms with E-state index in [9.17, 15) is 14.4 Å². The first-order valence-corrected chi connectivity index (χ1v) is 36.5. The van der Waals surface area contributed by atoms with Crippen molar-refractivity contribution < 1.29 is 28.6 Å². The maximum Gasteiger partial charge on any atom is 0.306 e. The molecule has 1 unspecified atom stereocenters. The Morgan fingerprint density at radius 3 is 0.506 bits per heavy atom. The molecule has 0 saturated carbocycles. The van der Waals surface area contributed by atoms with Crippen LogP contribution in [-0.2, 0) is 28.6 Å². The molecule has 1 atom stereocenters. The second-order valence-electron chi connectivity index (χ2n) is 25.2. The van der Waals surface area contributed by atoms with Gasteiger partial charge in [-0.3, -0.25) is 14.4 Å². The fraction of sp³-hybridized carbons (Fsp3) is 0.959. The van der Waals surface area contributed by atoms with Crippen molar-refractivity contribution >= 4 is 17.9 Å². The third-order valence-corrected chi connectivity index (χ3v) is 17.1. The summed E-state index contributed by atoms with van der Waals surface area (Å²) >= 11 is 0. The maximum atomic E-state index is 12.9. The zero-order valence-corrected chi connectivity index (χ0v) is 54.2. The summed E-state index contributed by atoms with van der Waals surface area (Å²) in [6, 6.07) is 0. The van der Waals surface area contributed by atoms with Gasteiger partial charge in [0.1, 0.15) is 13.2 Å². The van der Waals surface area contributed by atoms with Gasteiger partial charge in [0.15, 0.2) is 6.10 Å². The number of hydrogen-bond donors (Lipinski definition) is 0. The molecule has 0 aromatic rings. The molecule has 0 amide bonds. The minimum Gasteiger partial charge on any atom is -0.462 e. The summed E-state index contributed by atoms with van der Waals surface area (Å²) in [7, 11) is 0. The van der Waals surface area contributed by atoms with Gasteiger partial charge in [-0.25, -0.2) is 0 Å². The number of esters is 3. The van der Waals surface area contributed by atoms with E-state index in [1.807, 2.05) is 0 Å². The van der Waals surface area contributed by atoms with Gasteiger partial charge < -0.3 is 14.2 Å². The molecular formula is C73H142O6. The highest BCUT2D eigenvalue weighted by Gasteiger charge is 2.20. The summed E-state index contributed by atoms with van der Waals surface area (Å²) in [6.07, 6.45) is 81.5. The van der Waals surface area contributed by atoms with Crippen LogP contribution in [0.1, 0.15) is 432 Å². The predicted molar refractivity (Wildman–Crippen MR) is 344 cm³/mol. The van der Waals surface area contributed by atoms with Crippen molar-refractivity contribution in [1.82, 2.24) is 0 Å². The number of carbonyl (C=O) groups excluding carboxylic acids is 3. The number of ether oxygens (including phenoxy) is 3. The summed E-state index contributed by atoms with van der Waals surface area (Å²) in [4.78, 5) is 38.4. The topological polar surface area (TPSA) is 78.9 Å². The van der Waals surface area contributed by atoms with Crippen molar-refractivity contribution in [3.8, 4) is 0 Å². The Labute approximate surface area is 495 Å². The van der Waals surface area contributed by atoms with Crippen LogP contribution in [0.2, 0.25) is 0 Å². The smallest absolute Gasteiger partial charge is 0.306 e. The van der Waals surface area contributed by atoms with Gasteiger partial charge in [0.25, 0.3) is 0 Å². The van der Waals surface area contributed by atoms with E-state index < -0.39 is 6.10 Å². The van der Waals surface area contributed by atoms with Gasteiger partial charge in [-0.05, 0) is 19.3 Å². The van der Waals surface area contributed by atoms with Crippen LogP contribution in [0.3, 0.4) is 0 Å². The van der Waals surface area contributed by atoms with Crippen LogP contribution < -0.4 is 0 Å². The predicted octanol–water partition coefficient (Wildman–Crippen LogP) is 25.0. The lowest BCUT2D eigenvalue weighted by Crippen LogP contribution is -2.30. The Morgan fingerprint density at radius 1 is 0.203 bits per heavy atom. The molecule has 0 aliphatic heterocycles. The molecule has 6 nitrogen and oxygen atoms in total. The lowest BCUT2D eigenvalue weighted by Gasteiger charge is -2.18. The molecule has 0 radical (unpaired) electrons. The minimum atomic E-state index is -0.763. The highest BCUT2D eigenvalue weighted by Crippen LogP contribution is 2.20. The zero-order chi connectivity index (χ0) is 57.1. The van der Waals surface area contributed by atoms with Gasteiger partial charge in [0, 0.05) is 19.3 Å². The molecule has 0 fully saturated rings. The van der Waals surface area contributed by atoms with Gasteiger partial charge in [0.05, 0.1) is 0 Å². The van der Waals surface area contributed by atoms with E-state index in [2.05, 4.69) is 20.8 Å². The quantitative estimate of drug-likeness (QED) is 0.0343. The van der Waals surface area contributed by atoms with Crippen molar-refractivity contribution in [1.29, 1.82) is 0 Å². The Hall–Kier alpha value is -1.59. The van der Waals surface area contributed by atoms with E-state index in [-0.39, 0.29) is 31.1 Å². The largest absolute Gasteiger partial charge is 0.462 e. The van der Waals surface area contributed by atoms with E-state index in [0.29, 0.717) is 19.3 Å². The molecule has 6 heteroatoms. The summed E-state index contributed by atoms with van der Waals surface area (Å²) in [5.41, 5.74) is 0. The van der Waals surface area contributed by atoms with Gasteiger partial charge in [-0.15, -0.1) is 0 Å². The van der Waals surface area contributed by atoms with E-state index >= 15 is 0 Å². The van der Waals surface area contributed by atoms with Gasteiger partial charge in [0.2, 0.25) is 0 Å². The van der Waals surface area contributed by atoms with Crippen LogP contribution in [0.25, 0.3) is 0 Å². The van der Waals surface area contributed by atoms with Gasteiger partial charge in [-0.2, -0.15) is 0 Å². The molecule has 0 aromatic heterocycles. The first-order chi connectivity index (χ1) is 39.0. The van der Waals surface area contributed by atoms with Crippen LogP contribution in [0.4, 0.5) is 0 Å². The first-order valence-electron chi connectivity index (χ1n) is 36.5. The Bertz CT molecular complexity index is 1190. The summed E-state index contributed by atoms with van der Waals surface area (Å²) in [5, 5.41) is 0. The highest BCUT2D eigenvalue weighted by molar-refractivity contribution is 5.71. The number of hydrogen-bond acceptors (Lipinski definition) is 6. The number of carbonyl (C=O) groups is 3. The second-order valence-corrected chi connectivity index (χ2v) is 25.2. The third kappa shape index (κ3) is 67.1. The molecule has 0 N–H and O–H groups in total. The molecule has 0 heterocycles. The van der Waals surface area contributed by atoms with E-state index in [4.69, 9.17) is 14.2 Å². The van der Waals surface area contributed by atoms with Crippen LogP contribution in [-0.4, -0.2) is 37.2 Å². The average molecular weight is 1120 g/mol. The van der Waals surface area contributed by atoms with Crippen LogP contribution in [0, 0.1) is 0 Å². The molecule has 0 bridgehead atoms.